The van der Waals surface area contributed by atoms with Crippen LogP contribution in [0.2, 0.25) is 0 Å². The average Bonchev–Trinajstić information content (AvgIpc) is 2.43. The number of methoxy groups -OCH3 is 1. The van der Waals surface area contributed by atoms with E-state index in [0.717, 1.165) is 24.1 Å². The number of ether oxygens (including phenoxy) is 1. The Morgan fingerprint density at radius 1 is 1.35 bits per heavy atom. The molecule has 0 fully saturated rings. The van der Waals surface area contributed by atoms with Crippen molar-refractivity contribution in [3.05, 3.63) is 29.3 Å². The molecule has 1 N–H and O–H groups in total. The number of aryl methyl sites for hydroxylation is 1. The molecule has 0 radical (unpaired) electrons. The van der Waals surface area contributed by atoms with Gasteiger partial charge in [-0.25, -0.2) is 4.79 Å². The highest BCUT2D eigenvalue weighted by Crippen LogP contribution is 2.26. The number of hydrogen-bond donors (Lipinski definition) is 1. The lowest BCUT2D eigenvalue weighted by Crippen LogP contribution is -2.38. The maximum Gasteiger partial charge on any atom is 0.337 e. The van der Waals surface area contributed by atoms with Crippen molar-refractivity contribution in [3.8, 4) is 0 Å². The van der Waals surface area contributed by atoms with E-state index in [1.165, 1.54) is 0 Å². The molecule has 0 atom stereocenters. The van der Waals surface area contributed by atoms with E-state index >= 15 is 0 Å². The number of anilines is 1. The second kappa shape index (κ2) is 7.90. The normalized spacial score (nSPS) is 10.8. The van der Waals surface area contributed by atoms with E-state index in [0.29, 0.717) is 24.8 Å². The zero-order valence-corrected chi connectivity index (χ0v) is 12.8. The van der Waals surface area contributed by atoms with Gasteiger partial charge in [0, 0.05) is 19.7 Å². The average molecular weight is 279 g/mol. The highest BCUT2D eigenvalue weighted by molar-refractivity contribution is 5.94. The summed E-state index contributed by atoms with van der Waals surface area (Å²) < 4.78 is 5.17. The molecular weight excluding hydrogens is 254 g/mol. The first-order chi connectivity index (χ1) is 9.54. The number of carboxylic acid groups (broad SMARTS) is 1. The highest BCUT2D eigenvalue weighted by Gasteiger charge is 2.21. The van der Waals surface area contributed by atoms with Crippen molar-refractivity contribution in [2.45, 2.75) is 39.7 Å². The molecule has 0 heterocycles. The molecule has 0 aliphatic heterocycles. The number of nitrogens with zero attached hydrogens (tertiary/aromatic N) is 1. The molecule has 1 aromatic rings. The summed E-state index contributed by atoms with van der Waals surface area (Å²) >= 11 is 0. The van der Waals surface area contributed by atoms with E-state index in [9.17, 15) is 9.90 Å². The number of carbonyl (C=O) groups is 1. The van der Waals surface area contributed by atoms with Crippen LogP contribution in [0, 0.1) is 6.92 Å². The first kappa shape index (κ1) is 16.5. The second-order valence-corrected chi connectivity index (χ2v) is 4.98. The van der Waals surface area contributed by atoms with Crippen LogP contribution in [-0.4, -0.2) is 37.4 Å². The van der Waals surface area contributed by atoms with Gasteiger partial charge in [-0.05, 0) is 31.9 Å². The maximum atomic E-state index is 11.5. The van der Waals surface area contributed by atoms with Crippen molar-refractivity contribution in [1.29, 1.82) is 0 Å². The number of carboxylic acids is 1. The zero-order chi connectivity index (χ0) is 15.1. The van der Waals surface area contributed by atoms with E-state index in [2.05, 4.69) is 18.7 Å². The van der Waals surface area contributed by atoms with E-state index < -0.39 is 5.97 Å². The standard InChI is InChI=1S/C16H25NO3/c1-5-13(6-2)17(9-10-20-4)15-8-7-12(3)11-14(15)16(18)19/h7-8,11,13H,5-6,9-10H2,1-4H3,(H,18,19). The van der Waals surface area contributed by atoms with Gasteiger partial charge in [-0.2, -0.15) is 0 Å². The lowest BCUT2D eigenvalue weighted by atomic mass is 10.0. The summed E-state index contributed by atoms with van der Waals surface area (Å²) in [5, 5.41) is 9.43. The van der Waals surface area contributed by atoms with Crippen molar-refractivity contribution in [3.63, 3.8) is 0 Å². The minimum absolute atomic E-state index is 0.325. The molecule has 4 nitrogen and oxygen atoms in total. The van der Waals surface area contributed by atoms with Crippen LogP contribution in [0.25, 0.3) is 0 Å². The Morgan fingerprint density at radius 3 is 2.50 bits per heavy atom. The van der Waals surface area contributed by atoms with E-state index in [-0.39, 0.29) is 0 Å². The predicted octanol–water partition coefficient (Wildman–Crippen LogP) is 3.33. The van der Waals surface area contributed by atoms with Gasteiger partial charge in [0.1, 0.15) is 0 Å². The third-order valence-corrected chi connectivity index (χ3v) is 3.61. The lowest BCUT2D eigenvalue weighted by Gasteiger charge is -2.33. The number of aromatic carboxylic acids is 1. The fourth-order valence-corrected chi connectivity index (χ4v) is 2.49. The van der Waals surface area contributed by atoms with Crippen LogP contribution in [0.4, 0.5) is 5.69 Å². The molecular formula is C16H25NO3. The van der Waals surface area contributed by atoms with Crippen LogP contribution < -0.4 is 4.90 Å². The summed E-state index contributed by atoms with van der Waals surface area (Å²) in [5.41, 5.74) is 2.12. The van der Waals surface area contributed by atoms with Crippen molar-refractivity contribution in [2.75, 3.05) is 25.2 Å². The molecule has 20 heavy (non-hydrogen) atoms. The SMILES string of the molecule is CCC(CC)N(CCOC)c1ccc(C)cc1C(=O)O. The molecule has 0 unspecified atom stereocenters. The number of benzene rings is 1. The molecule has 0 spiro atoms. The third-order valence-electron chi connectivity index (χ3n) is 3.61. The summed E-state index contributed by atoms with van der Waals surface area (Å²) in [4.78, 5) is 13.7. The quantitative estimate of drug-likeness (QED) is 0.793. The van der Waals surface area contributed by atoms with E-state index in [1.54, 1.807) is 13.2 Å². The summed E-state index contributed by atoms with van der Waals surface area (Å²) in [6.07, 6.45) is 1.96. The molecule has 0 aliphatic carbocycles. The lowest BCUT2D eigenvalue weighted by molar-refractivity contribution is 0.0697. The molecule has 0 bridgehead atoms. The summed E-state index contributed by atoms with van der Waals surface area (Å²) in [6.45, 7) is 7.45. The van der Waals surface area contributed by atoms with Crippen LogP contribution in [-0.2, 0) is 4.74 Å². The fourth-order valence-electron chi connectivity index (χ4n) is 2.49. The van der Waals surface area contributed by atoms with Gasteiger partial charge in [-0.15, -0.1) is 0 Å². The molecule has 0 amide bonds. The van der Waals surface area contributed by atoms with Crippen LogP contribution in [0.1, 0.15) is 42.6 Å². The molecule has 1 aromatic carbocycles. The maximum absolute atomic E-state index is 11.5. The molecule has 0 saturated carbocycles. The minimum Gasteiger partial charge on any atom is -0.478 e. The fraction of sp³-hybridized carbons (Fsp3) is 0.562. The minimum atomic E-state index is -0.878. The topological polar surface area (TPSA) is 49.8 Å². The summed E-state index contributed by atoms with van der Waals surface area (Å²) in [5.74, 6) is -0.878. The molecule has 0 aromatic heterocycles. The Hall–Kier alpha value is -1.55. The summed E-state index contributed by atoms with van der Waals surface area (Å²) in [7, 11) is 1.67. The molecule has 112 valence electrons. The predicted molar refractivity (Wildman–Crippen MR) is 81.7 cm³/mol. The van der Waals surface area contributed by atoms with Crippen molar-refractivity contribution >= 4 is 11.7 Å². The first-order valence-corrected chi connectivity index (χ1v) is 7.14. The van der Waals surface area contributed by atoms with Gasteiger partial charge in [-0.1, -0.05) is 25.5 Å². The zero-order valence-electron chi connectivity index (χ0n) is 12.8. The first-order valence-electron chi connectivity index (χ1n) is 7.14. The molecule has 0 saturated heterocycles. The van der Waals surface area contributed by atoms with Crippen molar-refractivity contribution in [1.82, 2.24) is 0 Å². The van der Waals surface area contributed by atoms with Crippen LogP contribution >= 0.6 is 0 Å². The molecule has 1 rings (SSSR count). The van der Waals surface area contributed by atoms with Gasteiger partial charge in [0.05, 0.1) is 17.9 Å². The largest absolute Gasteiger partial charge is 0.478 e. The van der Waals surface area contributed by atoms with Crippen LogP contribution in [0.3, 0.4) is 0 Å². The van der Waals surface area contributed by atoms with Gasteiger partial charge in [-0.3, -0.25) is 0 Å². The van der Waals surface area contributed by atoms with Gasteiger partial charge < -0.3 is 14.7 Å². The molecule has 4 heteroatoms. The monoisotopic (exact) mass is 279 g/mol. The Balaban J connectivity index is 3.21. The summed E-state index contributed by atoms with van der Waals surface area (Å²) in [6, 6.07) is 5.93. The van der Waals surface area contributed by atoms with Crippen molar-refractivity contribution in [2.24, 2.45) is 0 Å². The van der Waals surface area contributed by atoms with Crippen LogP contribution in [0.5, 0.6) is 0 Å². The van der Waals surface area contributed by atoms with E-state index in [1.807, 2.05) is 19.1 Å². The van der Waals surface area contributed by atoms with Gasteiger partial charge in [0.25, 0.3) is 0 Å². The third kappa shape index (κ3) is 3.97. The molecule has 0 aliphatic rings. The van der Waals surface area contributed by atoms with Crippen LogP contribution in [0.15, 0.2) is 18.2 Å². The Kier molecular flexibility index (Phi) is 6.52. The van der Waals surface area contributed by atoms with Crippen molar-refractivity contribution < 1.29 is 14.6 Å². The smallest absolute Gasteiger partial charge is 0.337 e. The Bertz CT molecular complexity index is 441. The van der Waals surface area contributed by atoms with E-state index in [4.69, 9.17) is 4.74 Å². The van der Waals surface area contributed by atoms with Gasteiger partial charge >= 0.3 is 5.97 Å². The second-order valence-electron chi connectivity index (χ2n) is 4.98. The van der Waals surface area contributed by atoms with Gasteiger partial charge in [0.2, 0.25) is 0 Å². The van der Waals surface area contributed by atoms with Gasteiger partial charge in [0.15, 0.2) is 0 Å². The Morgan fingerprint density at radius 2 is 2.00 bits per heavy atom. The highest BCUT2D eigenvalue weighted by atomic mass is 16.5. The Labute approximate surface area is 121 Å². The number of hydrogen-bond acceptors (Lipinski definition) is 3. The number of rotatable bonds is 8.